The van der Waals surface area contributed by atoms with Gasteiger partial charge in [-0.3, -0.25) is 9.36 Å². The molecule has 0 spiro atoms. The third kappa shape index (κ3) is 8.56. The lowest BCUT2D eigenvalue weighted by Crippen LogP contribution is -2.26. The van der Waals surface area contributed by atoms with Crippen LogP contribution in [0, 0.1) is 18.6 Å². The van der Waals surface area contributed by atoms with Crippen LogP contribution in [0.25, 0.3) is 22.2 Å². The van der Waals surface area contributed by atoms with Gasteiger partial charge in [0.15, 0.2) is 11.6 Å². The minimum atomic E-state index is -5.05. The predicted octanol–water partition coefficient (Wildman–Crippen LogP) is 9.25. The van der Waals surface area contributed by atoms with Crippen LogP contribution in [0.4, 0.5) is 27.8 Å². The highest BCUT2D eigenvalue weighted by Gasteiger charge is 2.39. The highest BCUT2D eigenvalue weighted by molar-refractivity contribution is 6.76. The highest BCUT2D eigenvalue weighted by Crippen LogP contribution is 2.45. The number of nitrogens with zero attached hydrogens (tertiary/aromatic N) is 4. The molecule has 0 saturated heterocycles. The molecule has 52 heavy (non-hydrogen) atoms. The molecular weight excluding hydrogens is 723 g/mol. The van der Waals surface area contributed by atoms with Crippen LogP contribution in [-0.2, 0) is 30.7 Å². The van der Waals surface area contributed by atoms with Crippen molar-refractivity contribution >= 4 is 36.4 Å². The second-order valence-electron chi connectivity index (χ2n) is 13.5. The van der Waals surface area contributed by atoms with Crippen molar-refractivity contribution in [3.05, 3.63) is 110 Å². The van der Waals surface area contributed by atoms with Gasteiger partial charge in [-0.05, 0) is 60.0 Å². The number of rotatable bonds is 13. The Hall–Kier alpha value is -4.53. The normalized spacial score (nSPS) is 12.0. The summed E-state index contributed by atoms with van der Waals surface area (Å²) in [6.07, 6.45) is -4.09. The van der Waals surface area contributed by atoms with Crippen LogP contribution in [0.2, 0.25) is 30.7 Å². The number of hydrogen-bond donors (Lipinski definition) is 0. The van der Waals surface area contributed by atoms with E-state index in [0.29, 0.717) is 18.1 Å². The standard InChI is InChI=1S/C37H38ClF5N4O4Si/c1-22-17-27(46(18-23-7-11-25(49-2)12-8-23)19-24-9-13-26(50-3)14-10-24)45-34(30(22)37(41,42)43)28-31(38)32(39)29-35(33(28)40)44-20-47(36(29)48)21-51-15-16-52(4,5)6/h7-14,17,20H,15-16,18-19,21H2,1-6H3. The molecule has 0 amide bonds. The van der Waals surface area contributed by atoms with Gasteiger partial charge in [-0.1, -0.05) is 55.5 Å². The van der Waals surface area contributed by atoms with E-state index >= 15 is 8.78 Å². The minimum absolute atomic E-state index is 0.0296. The molecule has 0 atom stereocenters. The molecule has 15 heteroatoms. The van der Waals surface area contributed by atoms with Gasteiger partial charge in [-0.15, -0.1) is 0 Å². The minimum Gasteiger partial charge on any atom is -0.497 e. The number of pyridine rings is 1. The number of fused-ring (bicyclic) bond motifs is 1. The summed E-state index contributed by atoms with van der Waals surface area (Å²) in [5, 5.41) is -1.85. The van der Waals surface area contributed by atoms with Gasteiger partial charge in [0.05, 0.1) is 36.1 Å². The fraction of sp³-hybridized carbons (Fsp3) is 0.324. The average Bonchev–Trinajstić information content (AvgIpc) is 3.08. The summed E-state index contributed by atoms with van der Waals surface area (Å²) < 4.78 is 93.9. The first-order valence-electron chi connectivity index (χ1n) is 16.3. The molecule has 0 fully saturated rings. The molecule has 5 rings (SSSR count). The molecule has 5 aromatic rings. The second-order valence-corrected chi connectivity index (χ2v) is 19.5. The van der Waals surface area contributed by atoms with Crippen molar-refractivity contribution in [1.29, 1.82) is 0 Å². The Morgan fingerprint density at radius 2 is 1.46 bits per heavy atom. The van der Waals surface area contributed by atoms with Crippen LogP contribution in [0.5, 0.6) is 11.5 Å². The van der Waals surface area contributed by atoms with E-state index in [9.17, 15) is 18.0 Å². The van der Waals surface area contributed by atoms with Crippen molar-refractivity contribution in [2.45, 2.75) is 58.6 Å². The van der Waals surface area contributed by atoms with Gasteiger partial charge in [0.2, 0.25) is 0 Å². The molecule has 2 aromatic heterocycles. The maximum atomic E-state index is 16.5. The molecule has 0 aliphatic rings. The number of halogens is 6. The lowest BCUT2D eigenvalue weighted by atomic mass is 9.98. The number of benzene rings is 3. The van der Waals surface area contributed by atoms with Crippen LogP contribution in [0.1, 0.15) is 22.3 Å². The Morgan fingerprint density at radius 1 is 0.904 bits per heavy atom. The van der Waals surface area contributed by atoms with Gasteiger partial charge < -0.3 is 19.1 Å². The lowest BCUT2D eigenvalue weighted by molar-refractivity contribution is -0.137. The van der Waals surface area contributed by atoms with Crippen molar-refractivity contribution in [2.24, 2.45) is 0 Å². The summed E-state index contributed by atoms with van der Waals surface area (Å²) in [6.45, 7) is 8.03. The number of anilines is 1. The van der Waals surface area contributed by atoms with Crippen molar-refractivity contribution in [1.82, 2.24) is 14.5 Å². The van der Waals surface area contributed by atoms with Crippen LogP contribution in [-0.4, -0.2) is 43.4 Å². The van der Waals surface area contributed by atoms with Gasteiger partial charge in [-0.25, -0.2) is 18.7 Å². The Morgan fingerprint density at radius 3 is 1.96 bits per heavy atom. The first-order chi connectivity index (χ1) is 24.5. The molecule has 3 aromatic carbocycles. The maximum Gasteiger partial charge on any atom is 0.418 e. The molecule has 276 valence electrons. The largest absolute Gasteiger partial charge is 0.497 e. The Balaban J connectivity index is 1.66. The molecule has 0 unspecified atom stereocenters. The summed E-state index contributed by atoms with van der Waals surface area (Å²) >= 11 is 6.37. The van der Waals surface area contributed by atoms with E-state index in [1.54, 1.807) is 53.4 Å². The summed E-state index contributed by atoms with van der Waals surface area (Å²) in [4.78, 5) is 23.3. The molecule has 0 aliphatic heterocycles. The van der Waals surface area contributed by atoms with Crippen LogP contribution >= 0.6 is 11.6 Å². The van der Waals surface area contributed by atoms with E-state index in [4.69, 9.17) is 25.8 Å². The smallest absolute Gasteiger partial charge is 0.418 e. The third-order valence-corrected chi connectivity index (χ3v) is 10.5. The Labute approximate surface area is 303 Å². The zero-order chi connectivity index (χ0) is 38.0. The topological polar surface area (TPSA) is 78.7 Å². The molecule has 0 aliphatic carbocycles. The number of ether oxygens (including phenoxy) is 3. The zero-order valence-corrected chi connectivity index (χ0v) is 31.3. The number of methoxy groups -OCH3 is 2. The Bertz CT molecular complexity index is 2070. The summed E-state index contributed by atoms with van der Waals surface area (Å²) in [5.74, 6) is -1.60. The molecule has 0 radical (unpaired) electrons. The van der Waals surface area contributed by atoms with Gasteiger partial charge >= 0.3 is 6.18 Å². The summed E-state index contributed by atoms with van der Waals surface area (Å²) in [5.41, 5.74) is -3.78. The van der Waals surface area contributed by atoms with Gasteiger partial charge in [0.1, 0.15) is 41.3 Å². The van der Waals surface area contributed by atoms with Crippen molar-refractivity contribution in [2.75, 3.05) is 25.7 Å². The van der Waals surface area contributed by atoms with E-state index in [1.807, 2.05) is 0 Å². The number of hydrogen-bond acceptors (Lipinski definition) is 7. The van der Waals surface area contributed by atoms with Gasteiger partial charge in [-0.2, -0.15) is 13.2 Å². The number of aromatic nitrogens is 3. The van der Waals surface area contributed by atoms with Gasteiger partial charge in [0.25, 0.3) is 5.56 Å². The summed E-state index contributed by atoms with van der Waals surface area (Å²) in [6, 6.07) is 16.2. The van der Waals surface area contributed by atoms with E-state index < -0.39 is 64.2 Å². The highest BCUT2D eigenvalue weighted by atomic mass is 35.5. The average molecular weight is 761 g/mol. The van der Waals surface area contributed by atoms with Crippen LogP contribution < -0.4 is 19.9 Å². The van der Waals surface area contributed by atoms with Crippen LogP contribution in [0.15, 0.2) is 65.7 Å². The van der Waals surface area contributed by atoms with Crippen molar-refractivity contribution < 1.29 is 36.2 Å². The second kappa shape index (κ2) is 15.6. The number of aryl methyl sites for hydroxylation is 1. The van der Waals surface area contributed by atoms with Gasteiger partial charge in [0, 0.05) is 27.8 Å². The van der Waals surface area contributed by atoms with E-state index in [-0.39, 0.29) is 31.2 Å². The fourth-order valence-corrected chi connectivity index (χ4v) is 6.63. The number of alkyl halides is 3. The van der Waals surface area contributed by atoms with E-state index in [0.717, 1.165) is 28.1 Å². The first-order valence-corrected chi connectivity index (χ1v) is 20.3. The maximum absolute atomic E-state index is 16.5. The van der Waals surface area contributed by atoms with Crippen molar-refractivity contribution in [3.8, 4) is 22.8 Å². The molecule has 0 N–H and O–H groups in total. The first kappa shape index (κ1) is 38.7. The molecule has 2 heterocycles. The zero-order valence-electron chi connectivity index (χ0n) is 29.5. The quantitative estimate of drug-likeness (QED) is 0.0513. The van der Waals surface area contributed by atoms with Crippen LogP contribution in [0.3, 0.4) is 0 Å². The monoisotopic (exact) mass is 760 g/mol. The SMILES string of the molecule is COc1ccc(CN(Cc2ccc(OC)cc2)c2cc(C)c(C(F)(F)F)c(-c3c(Cl)c(F)c4c(=O)n(COCC[Si](C)(C)C)cnc4c3F)n2)cc1. The Kier molecular flexibility index (Phi) is 11.6. The third-order valence-electron chi connectivity index (χ3n) is 8.44. The predicted molar refractivity (Wildman–Crippen MR) is 194 cm³/mol. The van der Waals surface area contributed by atoms with Crippen molar-refractivity contribution in [3.63, 3.8) is 0 Å². The molecule has 0 saturated carbocycles. The fourth-order valence-electron chi connectivity index (χ4n) is 5.61. The molecular formula is C37H38ClF5N4O4Si. The summed E-state index contributed by atoms with van der Waals surface area (Å²) in [7, 11) is 1.60. The van der Waals surface area contributed by atoms with E-state index in [1.165, 1.54) is 27.2 Å². The molecule has 8 nitrogen and oxygen atoms in total. The molecule has 0 bridgehead atoms. The lowest BCUT2D eigenvalue weighted by Gasteiger charge is -2.27. The van der Waals surface area contributed by atoms with E-state index in [2.05, 4.69) is 29.6 Å².